The van der Waals surface area contributed by atoms with E-state index in [9.17, 15) is 18.7 Å². The highest BCUT2D eigenvalue weighted by Crippen LogP contribution is 2.17. The predicted octanol–water partition coefficient (Wildman–Crippen LogP) is 2.57. The minimum atomic E-state index is -2.93. The molecule has 1 aromatic carbocycles. The van der Waals surface area contributed by atoms with Crippen molar-refractivity contribution in [2.45, 2.75) is 38.9 Å². The molecule has 0 bridgehead atoms. The highest BCUT2D eigenvalue weighted by Gasteiger charge is 2.23. The van der Waals surface area contributed by atoms with Gasteiger partial charge in [-0.2, -0.15) is 8.78 Å². The lowest BCUT2D eigenvalue weighted by Crippen LogP contribution is -2.42. The molecular formula is C14H19F2NO3. The molecule has 0 fully saturated rings. The lowest BCUT2D eigenvalue weighted by Gasteiger charge is -2.25. The van der Waals surface area contributed by atoms with Crippen molar-refractivity contribution in [3.63, 3.8) is 0 Å². The highest BCUT2D eigenvalue weighted by molar-refractivity contribution is 5.94. The van der Waals surface area contributed by atoms with Crippen LogP contribution in [0, 0.1) is 0 Å². The number of carbonyl (C=O) groups is 1. The molecule has 0 heterocycles. The minimum Gasteiger partial charge on any atom is -0.435 e. The Hall–Kier alpha value is -1.69. The van der Waals surface area contributed by atoms with E-state index in [0.717, 1.165) is 0 Å². The number of carbonyl (C=O) groups excluding carboxylic acids is 1. The quantitative estimate of drug-likeness (QED) is 0.810. The summed E-state index contributed by atoms with van der Waals surface area (Å²) in [6, 6.07) is 5.53. The smallest absolute Gasteiger partial charge is 0.387 e. The molecule has 0 saturated carbocycles. The summed E-state index contributed by atoms with van der Waals surface area (Å²) in [6.07, 6.45) is 1.02. The Morgan fingerprint density at radius 2 is 2.05 bits per heavy atom. The van der Waals surface area contributed by atoms with Crippen molar-refractivity contribution in [3.8, 4) is 5.75 Å². The Morgan fingerprint density at radius 3 is 2.60 bits per heavy atom. The van der Waals surface area contributed by atoms with Crippen LogP contribution in [0.25, 0.3) is 0 Å². The van der Waals surface area contributed by atoms with E-state index in [4.69, 9.17) is 0 Å². The van der Waals surface area contributed by atoms with Gasteiger partial charge in [-0.15, -0.1) is 0 Å². The summed E-state index contributed by atoms with van der Waals surface area (Å²) in [6.45, 7) is 0.830. The van der Waals surface area contributed by atoms with Crippen molar-refractivity contribution < 1.29 is 23.4 Å². The molecule has 20 heavy (non-hydrogen) atoms. The summed E-state index contributed by atoms with van der Waals surface area (Å²) in [7, 11) is 0. The van der Waals surface area contributed by atoms with Crippen LogP contribution in [-0.2, 0) is 0 Å². The molecule has 0 atom stereocenters. The van der Waals surface area contributed by atoms with Crippen LogP contribution >= 0.6 is 0 Å². The van der Waals surface area contributed by atoms with Gasteiger partial charge in [0.05, 0.1) is 5.60 Å². The van der Waals surface area contributed by atoms with Crippen LogP contribution in [0.3, 0.4) is 0 Å². The van der Waals surface area contributed by atoms with E-state index >= 15 is 0 Å². The van der Waals surface area contributed by atoms with Crippen LogP contribution in [0.2, 0.25) is 0 Å². The van der Waals surface area contributed by atoms with Crippen molar-refractivity contribution in [1.29, 1.82) is 0 Å². The predicted molar refractivity (Wildman–Crippen MR) is 70.9 cm³/mol. The SMILES string of the molecule is CCC(O)(CC)CNC(=O)c1cccc(OC(F)F)c1. The van der Waals surface area contributed by atoms with E-state index in [1.54, 1.807) is 0 Å². The van der Waals surface area contributed by atoms with E-state index in [1.807, 2.05) is 13.8 Å². The number of rotatable bonds is 7. The van der Waals surface area contributed by atoms with Gasteiger partial charge in [0.15, 0.2) is 0 Å². The zero-order chi connectivity index (χ0) is 15.2. The number of alkyl halides is 2. The molecule has 0 aliphatic heterocycles. The molecule has 0 saturated heterocycles. The standard InChI is InChI=1S/C14H19F2NO3/c1-3-14(19,4-2)9-17-12(18)10-6-5-7-11(8-10)20-13(15)16/h5-8,13,19H,3-4,9H2,1-2H3,(H,17,18). The maximum Gasteiger partial charge on any atom is 0.387 e. The lowest BCUT2D eigenvalue weighted by atomic mass is 9.97. The first-order valence-corrected chi connectivity index (χ1v) is 6.45. The second kappa shape index (κ2) is 7.19. The molecule has 1 amide bonds. The second-order valence-electron chi connectivity index (χ2n) is 4.52. The fourth-order valence-electron chi connectivity index (χ4n) is 1.66. The Balaban J connectivity index is 2.68. The topological polar surface area (TPSA) is 58.6 Å². The number of nitrogens with one attached hydrogen (secondary N) is 1. The van der Waals surface area contributed by atoms with Crippen LogP contribution in [0.15, 0.2) is 24.3 Å². The van der Waals surface area contributed by atoms with Gasteiger partial charge < -0.3 is 15.2 Å². The van der Waals surface area contributed by atoms with E-state index in [-0.39, 0.29) is 17.9 Å². The molecular weight excluding hydrogens is 268 g/mol. The molecule has 0 spiro atoms. The molecule has 1 rings (SSSR count). The fourth-order valence-corrected chi connectivity index (χ4v) is 1.66. The van der Waals surface area contributed by atoms with Crippen molar-refractivity contribution >= 4 is 5.91 Å². The first-order valence-electron chi connectivity index (χ1n) is 6.45. The van der Waals surface area contributed by atoms with E-state index in [2.05, 4.69) is 10.1 Å². The van der Waals surface area contributed by atoms with Gasteiger partial charge in [-0.3, -0.25) is 4.79 Å². The van der Waals surface area contributed by atoms with Crippen molar-refractivity contribution in [2.24, 2.45) is 0 Å². The number of hydrogen-bond donors (Lipinski definition) is 2. The maximum atomic E-state index is 12.1. The van der Waals surface area contributed by atoms with Crippen molar-refractivity contribution in [3.05, 3.63) is 29.8 Å². The zero-order valence-corrected chi connectivity index (χ0v) is 11.5. The molecule has 4 nitrogen and oxygen atoms in total. The number of benzene rings is 1. The minimum absolute atomic E-state index is 0.0751. The molecule has 0 aromatic heterocycles. The molecule has 6 heteroatoms. The molecule has 1 aromatic rings. The first-order chi connectivity index (χ1) is 9.40. The lowest BCUT2D eigenvalue weighted by molar-refractivity contribution is -0.0498. The van der Waals surface area contributed by atoms with Gasteiger partial charge in [0.25, 0.3) is 5.91 Å². The fraction of sp³-hybridized carbons (Fsp3) is 0.500. The molecule has 0 unspecified atom stereocenters. The van der Waals surface area contributed by atoms with E-state index < -0.39 is 18.1 Å². The molecule has 0 radical (unpaired) electrons. The van der Waals surface area contributed by atoms with Crippen LogP contribution in [0.4, 0.5) is 8.78 Å². The second-order valence-corrected chi connectivity index (χ2v) is 4.52. The molecule has 112 valence electrons. The van der Waals surface area contributed by atoms with Crippen molar-refractivity contribution in [1.82, 2.24) is 5.32 Å². The number of aliphatic hydroxyl groups is 1. The average molecular weight is 287 g/mol. The summed E-state index contributed by atoms with van der Waals surface area (Å²) < 4.78 is 28.4. The Bertz CT molecular complexity index is 448. The third-order valence-electron chi connectivity index (χ3n) is 3.22. The summed E-state index contributed by atoms with van der Waals surface area (Å²) in [5, 5.41) is 12.6. The van der Waals surface area contributed by atoms with Crippen LogP contribution in [0.1, 0.15) is 37.0 Å². The Morgan fingerprint density at radius 1 is 1.40 bits per heavy atom. The molecule has 0 aliphatic rings. The highest BCUT2D eigenvalue weighted by atomic mass is 19.3. The van der Waals surface area contributed by atoms with E-state index in [0.29, 0.717) is 12.8 Å². The first kappa shape index (κ1) is 16.4. The van der Waals surface area contributed by atoms with Gasteiger partial charge >= 0.3 is 6.61 Å². The Labute approximate surface area is 116 Å². The largest absolute Gasteiger partial charge is 0.435 e. The van der Waals surface area contributed by atoms with E-state index in [1.165, 1.54) is 24.3 Å². The summed E-state index contributed by atoms with van der Waals surface area (Å²) in [4.78, 5) is 11.9. The van der Waals surface area contributed by atoms with Gasteiger partial charge in [-0.1, -0.05) is 19.9 Å². The maximum absolute atomic E-state index is 12.1. The Kier molecular flexibility index (Phi) is 5.88. The molecule has 2 N–H and O–H groups in total. The normalized spacial score (nSPS) is 11.5. The summed E-state index contributed by atoms with van der Waals surface area (Å²) in [5.41, 5.74) is -0.745. The van der Waals surface area contributed by atoms with Gasteiger partial charge in [-0.05, 0) is 31.0 Å². The van der Waals surface area contributed by atoms with Crippen LogP contribution in [0.5, 0.6) is 5.75 Å². The van der Waals surface area contributed by atoms with Gasteiger partial charge in [-0.25, -0.2) is 0 Å². The van der Waals surface area contributed by atoms with Gasteiger partial charge in [0.2, 0.25) is 0 Å². The van der Waals surface area contributed by atoms with Crippen molar-refractivity contribution in [2.75, 3.05) is 6.54 Å². The van der Waals surface area contributed by atoms with Crippen LogP contribution < -0.4 is 10.1 Å². The monoisotopic (exact) mass is 287 g/mol. The molecule has 0 aliphatic carbocycles. The number of ether oxygens (including phenoxy) is 1. The zero-order valence-electron chi connectivity index (χ0n) is 11.5. The third kappa shape index (κ3) is 4.77. The van der Waals surface area contributed by atoms with Gasteiger partial charge in [0.1, 0.15) is 5.75 Å². The van der Waals surface area contributed by atoms with Gasteiger partial charge in [0, 0.05) is 12.1 Å². The summed E-state index contributed by atoms with van der Waals surface area (Å²) >= 11 is 0. The number of hydrogen-bond acceptors (Lipinski definition) is 3. The number of halogens is 2. The third-order valence-corrected chi connectivity index (χ3v) is 3.22. The average Bonchev–Trinajstić information content (AvgIpc) is 2.44. The summed E-state index contributed by atoms with van der Waals surface area (Å²) in [5.74, 6) is -0.515. The van der Waals surface area contributed by atoms with Crippen LogP contribution in [-0.4, -0.2) is 29.8 Å². The number of amides is 1.